The van der Waals surface area contributed by atoms with E-state index in [-0.39, 0.29) is 23.0 Å². The Balaban J connectivity index is 2.02. The fraction of sp³-hybridized carbons (Fsp3) is 0.0714. The standard InChI is InChI=1S/C14H12FNO3S/c15-11-6-4-10(5-7-11)8-14(17)16-12-2-1-3-13(9-12)20(18)19/h1-7,9H,8H2,(H,16,17)(H,18,19)/p-1. The third-order valence-electron chi connectivity index (χ3n) is 2.59. The predicted octanol–water partition coefficient (Wildman–Crippen LogP) is 2.24. The normalized spacial score (nSPS) is 11.9. The van der Waals surface area contributed by atoms with Crippen molar-refractivity contribution in [1.82, 2.24) is 0 Å². The van der Waals surface area contributed by atoms with Gasteiger partial charge < -0.3 is 9.87 Å². The lowest BCUT2D eigenvalue weighted by atomic mass is 10.1. The van der Waals surface area contributed by atoms with Crippen LogP contribution >= 0.6 is 0 Å². The van der Waals surface area contributed by atoms with E-state index in [9.17, 15) is 17.9 Å². The van der Waals surface area contributed by atoms with E-state index in [1.165, 1.54) is 36.4 Å². The molecule has 2 aromatic rings. The van der Waals surface area contributed by atoms with E-state index < -0.39 is 11.1 Å². The number of carbonyl (C=O) groups excluding carboxylic acids is 1. The first-order valence-corrected chi connectivity index (χ1v) is 6.86. The summed E-state index contributed by atoms with van der Waals surface area (Å²) in [5, 5.41) is 2.59. The summed E-state index contributed by atoms with van der Waals surface area (Å²) >= 11 is -2.34. The molecule has 1 amide bonds. The highest BCUT2D eigenvalue weighted by molar-refractivity contribution is 7.79. The predicted molar refractivity (Wildman–Crippen MR) is 72.4 cm³/mol. The van der Waals surface area contributed by atoms with Gasteiger partial charge in [0.05, 0.1) is 6.42 Å². The molecule has 0 aromatic heterocycles. The van der Waals surface area contributed by atoms with Gasteiger partial charge in [0.25, 0.3) is 0 Å². The second kappa shape index (κ2) is 6.40. The Labute approximate surface area is 117 Å². The van der Waals surface area contributed by atoms with Crippen LogP contribution in [0.25, 0.3) is 0 Å². The van der Waals surface area contributed by atoms with Crippen molar-refractivity contribution >= 4 is 22.7 Å². The van der Waals surface area contributed by atoms with Gasteiger partial charge >= 0.3 is 0 Å². The average Bonchev–Trinajstić information content (AvgIpc) is 2.41. The summed E-state index contributed by atoms with van der Waals surface area (Å²) in [6.07, 6.45) is 0.0883. The van der Waals surface area contributed by atoms with Gasteiger partial charge in [-0.2, -0.15) is 0 Å². The van der Waals surface area contributed by atoms with Crippen LogP contribution in [0.2, 0.25) is 0 Å². The highest BCUT2D eigenvalue weighted by Gasteiger charge is 2.05. The number of nitrogens with one attached hydrogen (secondary N) is 1. The third-order valence-corrected chi connectivity index (χ3v) is 3.23. The van der Waals surface area contributed by atoms with Crippen molar-refractivity contribution in [3.05, 3.63) is 59.9 Å². The molecule has 1 N–H and O–H groups in total. The lowest BCUT2D eigenvalue weighted by Gasteiger charge is -2.09. The zero-order valence-corrected chi connectivity index (χ0v) is 11.2. The largest absolute Gasteiger partial charge is 0.768 e. The summed E-state index contributed by atoms with van der Waals surface area (Å²) < 4.78 is 34.4. The summed E-state index contributed by atoms with van der Waals surface area (Å²) in [4.78, 5) is 11.9. The van der Waals surface area contributed by atoms with E-state index in [1.807, 2.05) is 0 Å². The van der Waals surface area contributed by atoms with Crippen LogP contribution in [0, 0.1) is 5.82 Å². The molecule has 0 saturated heterocycles. The molecule has 0 heterocycles. The molecule has 0 saturated carbocycles. The second-order valence-corrected chi connectivity index (χ2v) is 5.05. The van der Waals surface area contributed by atoms with Crippen LogP contribution < -0.4 is 5.32 Å². The molecular weight excluding hydrogens is 281 g/mol. The number of rotatable bonds is 4. The Morgan fingerprint density at radius 1 is 1.20 bits per heavy atom. The van der Waals surface area contributed by atoms with Gasteiger partial charge in [-0.1, -0.05) is 18.2 Å². The van der Waals surface area contributed by atoms with E-state index >= 15 is 0 Å². The summed E-state index contributed by atoms with van der Waals surface area (Å²) in [7, 11) is 0. The molecule has 0 radical (unpaired) electrons. The molecule has 20 heavy (non-hydrogen) atoms. The van der Waals surface area contributed by atoms with Gasteiger partial charge in [0.15, 0.2) is 0 Å². The number of anilines is 1. The quantitative estimate of drug-likeness (QED) is 0.879. The minimum absolute atomic E-state index is 0.0883. The van der Waals surface area contributed by atoms with Crippen molar-refractivity contribution in [2.75, 3.05) is 5.32 Å². The maximum Gasteiger partial charge on any atom is 0.228 e. The van der Waals surface area contributed by atoms with Gasteiger partial charge in [-0.25, -0.2) is 4.39 Å². The Hall–Kier alpha value is -2.05. The summed E-state index contributed by atoms with van der Waals surface area (Å²) in [5.41, 5.74) is 1.08. The third kappa shape index (κ3) is 3.97. The van der Waals surface area contributed by atoms with Crippen LogP contribution in [0.1, 0.15) is 5.56 Å². The van der Waals surface area contributed by atoms with Crippen molar-refractivity contribution in [3.63, 3.8) is 0 Å². The molecule has 6 heteroatoms. The Bertz CT molecular complexity index is 643. The Kier molecular flexibility index (Phi) is 4.60. The number of hydrogen-bond donors (Lipinski definition) is 1. The first-order valence-electron chi connectivity index (χ1n) is 5.78. The van der Waals surface area contributed by atoms with Gasteiger partial charge in [-0.05, 0) is 47.0 Å². The van der Waals surface area contributed by atoms with Crippen LogP contribution in [-0.2, 0) is 22.3 Å². The molecule has 1 atom stereocenters. The lowest BCUT2D eigenvalue weighted by Crippen LogP contribution is -2.14. The number of hydrogen-bond acceptors (Lipinski definition) is 3. The molecule has 2 rings (SSSR count). The van der Waals surface area contributed by atoms with Crippen molar-refractivity contribution < 1.29 is 17.9 Å². The summed E-state index contributed by atoms with van der Waals surface area (Å²) in [6, 6.07) is 11.5. The molecular formula is C14H11FNO3S-. The molecule has 0 aliphatic carbocycles. The van der Waals surface area contributed by atoms with Crippen LogP contribution in [0.5, 0.6) is 0 Å². The van der Waals surface area contributed by atoms with Gasteiger partial charge in [0.2, 0.25) is 5.91 Å². The Morgan fingerprint density at radius 3 is 2.55 bits per heavy atom. The van der Waals surface area contributed by atoms with E-state index in [1.54, 1.807) is 12.1 Å². The first-order chi connectivity index (χ1) is 9.54. The van der Waals surface area contributed by atoms with E-state index in [0.717, 1.165) is 0 Å². The summed E-state index contributed by atoms with van der Waals surface area (Å²) in [6.45, 7) is 0. The molecule has 2 aromatic carbocycles. The zero-order chi connectivity index (χ0) is 14.5. The molecule has 0 spiro atoms. The molecule has 1 unspecified atom stereocenters. The van der Waals surface area contributed by atoms with Crippen LogP contribution in [0.3, 0.4) is 0 Å². The molecule has 4 nitrogen and oxygen atoms in total. The van der Waals surface area contributed by atoms with Crippen molar-refractivity contribution in [2.45, 2.75) is 11.3 Å². The zero-order valence-electron chi connectivity index (χ0n) is 10.3. The average molecular weight is 292 g/mol. The fourth-order valence-electron chi connectivity index (χ4n) is 1.67. The molecule has 0 aliphatic heterocycles. The molecule has 0 fully saturated rings. The number of halogens is 1. The van der Waals surface area contributed by atoms with E-state index in [2.05, 4.69) is 5.32 Å². The van der Waals surface area contributed by atoms with Gasteiger partial charge in [0, 0.05) is 10.6 Å². The lowest BCUT2D eigenvalue weighted by molar-refractivity contribution is -0.115. The Morgan fingerprint density at radius 2 is 1.90 bits per heavy atom. The molecule has 0 aliphatic rings. The van der Waals surface area contributed by atoms with E-state index in [4.69, 9.17) is 0 Å². The van der Waals surface area contributed by atoms with Crippen LogP contribution in [0.15, 0.2) is 53.4 Å². The van der Waals surface area contributed by atoms with Crippen LogP contribution in [0.4, 0.5) is 10.1 Å². The van der Waals surface area contributed by atoms with Gasteiger partial charge in [-0.3, -0.25) is 9.00 Å². The van der Waals surface area contributed by atoms with Crippen molar-refractivity contribution in [1.29, 1.82) is 0 Å². The topological polar surface area (TPSA) is 69.2 Å². The number of carbonyl (C=O) groups is 1. The maximum atomic E-state index is 12.7. The second-order valence-electron chi connectivity index (χ2n) is 4.11. The highest BCUT2D eigenvalue weighted by Crippen LogP contribution is 2.13. The van der Waals surface area contributed by atoms with Crippen LogP contribution in [-0.4, -0.2) is 14.7 Å². The van der Waals surface area contributed by atoms with E-state index in [0.29, 0.717) is 11.3 Å². The smallest absolute Gasteiger partial charge is 0.228 e. The van der Waals surface area contributed by atoms with Crippen molar-refractivity contribution in [2.24, 2.45) is 0 Å². The molecule has 0 bridgehead atoms. The van der Waals surface area contributed by atoms with Gasteiger partial charge in [-0.15, -0.1) is 0 Å². The maximum absolute atomic E-state index is 12.7. The highest BCUT2D eigenvalue weighted by atomic mass is 32.2. The molecule has 104 valence electrons. The number of amides is 1. The number of benzene rings is 2. The first kappa shape index (κ1) is 14.4. The van der Waals surface area contributed by atoms with Crippen molar-refractivity contribution in [3.8, 4) is 0 Å². The minimum atomic E-state index is -2.34. The summed E-state index contributed by atoms with van der Waals surface area (Å²) in [5.74, 6) is -0.662. The SMILES string of the molecule is O=C(Cc1ccc(F)cc1)Nc1cccc(S(=O)[O-])c1. The van der Waals surface area contributed by atoms with Gasteiger partial charge in [0.1, 0.15) is 5.82 Å². The fourth-order valence-corrected chi connectivity index (χ4v) is 2.08. The monoisotopic (exact) mass is 292 g/mol. The minimum Gasteiger partial charge on any atom is -0.768 e.